The van der Waals surface area contributed by atoms with Gasteiger partial charge in [0.1, 0.15) is 0 Å². The molecule has 0 bridgehead atoms. The number of carbonyl (C=O) groups is 1. The highest BCUT2D eigenvalue weighted by molar-refractivity contribution is 5.96. The molecule has 2 aromatic rings. The number of fused-ring (bicyclic) bond motifs is 2. The first-order chi connectivity index (χ1) is 11.6. The zero-order valence-electron chi connectivity index (χ0n) is 14.4. The van der Waals surface area contributed by atoms with Gasteiger partial charge in [-0.25, -0.2) is 4.98 Å². The summed E-state index contributed by atoms with van der Waals surface area (Å²) in [7, 11) is 2.04. The van der Waals surface area contributed by atoms with Crippen LogP contribution < -0.4 is 4.90 Å². The summed E-state index contributed by atoms with van der Waals surface area (Å²) in [4.78, 5) is 21.7. The van der Waals surface area contributed by atoms with Gasteiger partial charge < -0.3 is 9.47 Å². The van der Waals surface area contributed by atoms with E-state index in [-0.39, 0.29) is 11.9 Å². The van der Waals surface area contributed by atoms with Gasteiger partial charge in [0.05, 0.1) is 18.6 Å². The number of imidazole rings is 1. The molecule has 1 aromatic carbocycles. The van der Waals surface area contributed by atoms with Crippen LogP contribution in [0.3, 0.4) is 0 Å². The predicted molar refractivity (Wildman–Crippen MR) is 93.9 cm³/mol. The van der Waals surface area contributed by atoms with Crippen LogP contribution in [0.1, 0.15) is 30.3 Å². The minimum absolute atomic E-state index is 0.203. The Labute approximate surface area is 142 Å². The molecule has 2 aliphatic rings. The minimum Gasteiger partial charge on any atom is -0.337 e. The fourth-order valence-corrected chi connectivity index (χ4v) is 3.98. The Kier molecular flexibility index (Phi) is 3.88. The maximum atomic E-state index is 13.0. The highest BCUT2D eigenvalue weighted by Crippen LogP contribution is 2.30. The van der Waals surface area contributed by atoms with Crippen molar-refractivity contribution in [1.29, 1.82) is 0 Å². The van der Waals surface area contributed by atoms with Crippen molar-refractivity contribution < 1.29 is 4.79 Å². The summed E-state index contributed by atoms with van der Waals surface area (Å²) in [5, 5.41) is 0. The largest absolute Gasteiger partial charge is 0.337 e. The van der Waals surface area contributed by atoms with Crippen molar-refractivity contribution in [2.45, 2.75) is 38.8 Å². The third-order valence-corrected chi connectivity index (χ3v) is 5.33. The predicted octanol–water partition coefficient (Wildman–Crippen LogP) is 2.15. The molecular weight excluding hydrogens is 300 g/mol. The molecule has 0 aliphatic carbocycles. The number of hydrogen-bond acceptors (Lipinski definition) is 3. The normalized spacial score (nSPS) is 20.6. The standard InChI is InChI=1S/C19H24N4O/c1-14-7-8-15-5-3-4-6-17(15)23(14)19(24)12-22-10-9-18-16(11-22)20-13-21(18)2/h3-6,13-14H,7-12H2,1-2H3/t14-/m0/s1. The van der Waals surface area contributed by atoms with Crippen molar-refractivity contribution in [3.63, 3.8) is 0 Å². The van der Waals surface area contributed by atoms with Crippen LogP contribution in [0.4, 0.5) is 5.69 Å². The van der Waals surface area contributed by atoms with E-state index in [1.807, 2.05) is 24.3 Å². The summed E-state index contributed by atoms with van der Waals surface area (Å²) in [5.41, 5.74) is 4.80. The van der Waals surface area contributed by atoms with Crippen LogP contribution in [-0.4, -0.2) is 39.5 Å². The van der Waals surface area contributed by atoms with Crippen molar-refractivity contribution in [2.24, 2.45) is 7.05 Å². The van der Waals surface area contributed by atoms with E-state index in [9.17, 15) is 4.79 Å². The maximum absolute atomic E-state index is 13.0. The fraction of sp³-hybridized carbons (Fsp3) is 0.474. The van der Waals surface area contributed by atoms with E-state index in [2.05, 4.69) is 39.6 Å². The van der Waals surface area contributed by atoms with E-state index in [1.165, 1.54) is 11.3 Å². The molecule has 5 heteroatoms. The van der Waals surface area contributed by atoms with E-state index in [0.29, 0.717) is 6.54 Å². The lowest BCUT2D eigenvalue weighted by Crippen LogP contribution is -2.48. The second-order valence-electron chi connectivity index (χ2n) is 6.99. The molecule has 1 aromatic heterocycles. The molecule has 0 spiro atoms. The van der Waals surface area contributed by atoms with Crippen molar-refractivity contribution in [3.05, 3.63) is 47.5 Å². The van der Waals surface area contributed by atoms with Gasteiger partial charge in [-0.1, -0.05) is 18.2 Å². The number of anilines is 1. The van der Waals surface area contributed by atoms with Crippen molar-refractivity contribution in [2.75, 3.05) is 18.0 Å². The Morgan fingerprint density at radius 1 is 1.29 bits per heavy atom. The Hall–Kier alpha value is -2.14. The summed E-state index contributed by atoms with van der Waals surface area (Å²) >= 11 is 0. The summed E-state index contributed by atoms with van der Waals surface area (Å²) in [6.45, 7) is 4.31. The number of aryl methyl sites for hydroxylation is 2. The first-order valence-electron chi connectivity index (χ1n) is 8.75. The van der Waals surface area contributed by atoms with Gasteiger partial charge in [0.2, 0.25) is 5.91 Å². The second kappa shape index (κ2) is 6.06. The highest BCUT2D eigenvalue weighted by Gasteiger charge is 2.30. The first kappa shape index (κ1) is 15.4. The lowest BCUT2D eigenvalue weighted by molar-refractivity contribution is -0.120. The SMILES string of the molecule is C[C@H]1CCc2ccccc2N1C(=O)CN1CCc2c(ncn2C)C1. The van der Waals surface area contributed by atoms with Crippen LogP contribution in [-0.2, 0) is 31.2 Å². The Balaban J connectivity index is 1.51. The number of para-hydroxylation sites is 1. The van der Waals surface area contributed by atoms with Crippen LogP contribution in [0.2, 0.25) is 0 Å². The molecule has 0 N–H and O–H groups in total. The number of aromatic nitrogens is 2. The number of benzene rings is 1. The smallest absolute Gasteiger partial charge is 0.241 e. The number of rotatable bonds is 2. The first-order valence-corrected chi connectivity index (χ1v) is 8.75. The highest BCUT2D eigenvalue weighted by atomic mass is 16.2. The molecule has 24 heavy (non-hydrogen) atoms. The third-order valence-electron chi connectivity index (χ3n) is 5.33. The van der Waals surface area contributed by atoms with Crippen molar-refractivity contribution in [1.82, 2.24) is 14.5 Å². The lowest BCUT2D eigenvalue weighted by atomic mass is 9.96. The third kappa shape index (κ3) is 2.63. The molecule has 1 atom stereocenters. The molecule has 0 saturated carbocycles. The maximum Gasteiger partial charge on any atom is 0.241 e. The Bertz CT molecular complexity index is 766. The number of nitrogens with zero attached hydrogens (tertiary/aromatic N) is 4. The Morgan fingerprint density at radius 2 is 2.12 bits per heavy atom. The van der Waals surface area contributed by atoms with Crippen LogP contribution in [0.25, 0.3) is 0 Å². The van der Waals surface area contributed by atoms with Gasteiger partial charge in [-0.3, -0.25) is 9.69 Å². The second-order valence-corrected chi connectivity index (χ2v) is 6.99. The molecule has 3 heterocycles. The lowest BCUT2D eigenvalue weighted by Gasteiger charge is -2.37. The van der Waals surface area contributed by atoms with Crippen molar-refractivity contribution >= 4 is 11.6 Å². The fourth-order valence-electron chi connectivity index (χ4n) is 3.98. The number of amides is 1. The van der Waals surface area contributed by atoms with Gasteiger partial charge in [0.15, 0.2) is 0 Å². The number of carbonyl (C=O) groups excluding carboxylic acids is 1. The van der Waals surface area contributed by atoms with E-state index in [4.69, 9.17) is 0 Å². The molecular formula is C19H24N4O. The van der Waals surface area contributed by atoms with E-state index < -0.39 is 0 Å². The Morgan fingerprint density at radius 3 is 3.00 bits per heavy atom. The van der Waals surface area contributed by atoms with Crippen LogP contribution in [0.5, 0.6) is 0 Å². The molecule has 126 valence electrons. The van der Waals surface area contributed by atoms with Crippen LogP contribution in [0.15, 0.2) is 30.6 Å². The van der Waals surface area contributed by atoms with Gasteiger partial charge in [0, 0.05) is 44.0 Å². The monoisotopic (exact) mass is 324 g/mol. The molecule has 0 fully saturated rings. The van der Waals surface area contributed by atoms with Gasteiger partial charge in [-0.15, -0.1) is 0 Å². The summed E-state index contributed by atoms with van der Waals surface area (Å²) < 4.78 is 2.09. The molecule has 5 nitrogen and oxygen atoms in total. The van der Waals surface area contributed by atoms with Crippen LogP contribution >= 0.6 is 0 Å². The molecule has 0 saturated heterocycles. The summed E-state index contributed by atoms with van der Waals surface area (Å²) in [6.07, 6.45) is 4.93. The molecule has 0 unspecified atom stereocenters. The quantitative estimate of drug-likeness (QED) is 0.850. The summed E-state index contributed by atoms with van der Waals surface area (Å²) in [6, 6.07) is 8.57. The van der Waals surface area contributed by atoms with Gasteiger partial charge >= 0.3 is 0 Å². The van der Waals surface area contributed by atoms with E-state index >= 15 is 0 Å². The zero-order valence-corrected chi connectivity index (χ0v) is 14.4. The van der Waals surface area contributed by atoms with Gasteiger partial charge in [-0.2, -0.15) is 0 Å². The molecule has 4 rings (SSSR count). The summed E-state index contributed by atoms with van der Waals surface area (Å²) in [5.74, 6) is 0.203. The van der Waals surface area contributed by atoms with E-state index in [0.717, 1.165) is 43.7 Å². The minimum atomic E-state index is 0.203. The number of hydrogen-bond donors (Lipinski definition) is 0. The topological polar surface area (TPSA) is 41.4 Å². The van der Waals surface area contributed by atoms with Crippen LogP contribution in [0, 0.1) is 0 Å². The van der Waals surface area contributed by atoms with Gasteiger partial charge in [-0.05, 0) is 31.4 Å². The van der Waals surface area contributed by atoms with Crippen molar-refractivity contribution in [3.8, 4) is 0 Å². The molecule has 1 amide bonds. The zero-order chi connectivity index (χ0) is 16.7. The molecule has 0 radical (unpaired) electrons. The average Bonchev–Trinajstić information content (AvgIpc) is 2.95. The molecule has 2 aliphatic heterocycles. The average molecular weight is 324 g/mol. The van der Waals surface area contributed by atoms with E-state index in [1.54, 1.807) is 0 Å². The van der Waals surface area contributed by atoms with Gasteiger partial charge in [0.25, 0.3) is 0 Å².